The molecule has 2 aromatic rings. The van der Waals surface area contributed by atoms with Gasteiger partial charge < -0.3 is 16.0 Å². The lowest BCUT2D eigenvalue weighted by atomic mass is 9.96. The number of nitrogens with two attached hydrogens (primary N) is 1. The van der Waals surface area contributed by atoms with Gasteiger partial charge in [-0.3, -0.25) is 9.59 Å². The van der Waals surface area contributed by atoms with Gasteiger partial charge in [-0.2, -0.15) is 0 Å². The molecule has 6 nitrogen and oxygen atoms in total. The molecule has 1 aromatic heterocycles. The monoisotopic (exact) mass is 386 g/mol. The Balaban J connectivity index is 1.47. The Kier molecular flexibility index (Phi) is 6.29. The molecule has 1 aliphatic heterocycles. The van der Waals surface area contributed by atoms with Crippen molar-refractivity contribution in [2.24, 2.45) is 11.7 Å². The van der Waals surface area contributed by atoms with Gasteiger partial charge in [-0.15, -0.1) is 0 Å². The van der Waals surface area contributed by atoms with E-state index in [1.165, 1.54) is 0 Å². The first kappa shape index (κ1) is 19.2. The molecule has 1 aliphatic rings. The summed E-state index contributed by atoms with van der Waals surface area (Å²) >= 11 is 5.95. The second-order valence-electron chi connectivity index (χ2n) is 6.78. The number of piperidine rings is 1. The third kappa shape index (κ3) is 5.20. The van der Waals surface area contributed by atoms with Gasteiger partial charge in [-0.25, -0.2) is 4.98 Å². The van der Waals surface area contributed by atoms with Crippen molar-refractivity contribution in [2.45, 2.75) is 19.3 Å². The number of carbonyl (C=O) groups excluding carboxylic acids is 2. The normalized spacial score (nSPS) is 14.8. The zero-order valence-corrected chi connectivity index (χ0v) is 15.8. The lowest BCUT2D eigenvalue weighted by Gasteiger charge is -2.33. The molecule has 3 N–H and O–H groups in total. The number of aromatic nitrogens is 1. The third-order valence-corrected chi connectivity index (χ3v) is 5.04. The zero-order valence-electron chi connectivity index (χ0n) is 15.0. The summed E-state index contributed by atoms with van der Waals surface area (Å²) in [5.74, 6) is 0.590. The van der Waals surface area contributed by atoms with E-state index in [9.17, 15) is 9.59 Å². The first-order valence-corrected chi connectivity index (χ1v) is 9.41. The van der Waals surface area contributed by atoms with Crippen LogP contribution >= 0.6 is 11.6 Å². The van der Waals surface area contributed by atoms with Crippen LogP contribution in [0.3, 0.4) is 0 Å². The number of primary amides is 1. The van der Waals surface area contributed by atoms with Gasteiger partial charge in [0.1, 0.15) is 5.82 Å². The van der Waals surface area contributed by atoms with Crippen molar-refractivity contribution in [1.82, 2.24) is 10.3 Å². The third-order valence-electron chi connectivity index (χ3n) is 4.81. The highest BCUT2D eigenvalue weighted by atomic mass is 35.5. The topological polar surface area (TPSA) is 88.3 Å². The Hall–Kier alpha value is -2.60. The van der Waals surface area contributed by atoms with Crippen LogP contribution in [-0.2, 0) is 11.2 Å². The summed E-state index contributed by atoms with van der Waals surface area (Å²) in [6, 6.07) is 10.8. The van der Waals surface area contributed by atoms with Crippen molar-refractivity contribution in [3.8, 4) is 0 Å². The maximum Gasteiger partial charge on any atom is 0.252 e. The number of amides is 2. The van der Waals surface area contributed by atoms with Crippen molar-refractivity contribution in [3.63, 3.8) is 0 Å². The molecule has 1 fully saturated rings. The summed E-state index contributed by atoms with van der Waals surface area (Å²) in [6.07, 6.45) is 3.84. The highest BCUT2D eigenvalue weighted by Crippen LogP contribution is 2.24. The van der Waals surface area contributed by atoms with Crippen molar-refractivity contribution < 1.29 is 9.59 Å². The quantitative estimate of drug-likeness (QED) is 0.797. The summed E-state index contributed by atoms with van der Waals surface area (Å²) in [5, 5.41) is 3.65. The van der Waals surface area contributed by atoms with Crippen LogP contribution < -0.4 is 16.0 Å². The van der Waals surface area contributed by atoms with E-state index in [2.05, 4.69) is 15.2 Å². The molecular formula is C20H23ClN4O2. The van der Waals surface area contributed by atoms with Crippen LogP contribution in [0.4, 0.5) is 5.82 Å². The van der Waals surface area contributed by atoms with Crippen LogP contribution in [0.1, 0.15) is 28.8 Å². The van der Waals surface area contributed by atoms with Crippen molar-refractivity contribution in [1.29, 1.82) is 0 Å². The number of rotatable bonds is 6. The molecule has 27 heavy (non-hydrogen) atoms. The van der Waals surface area contributed by atoms with Crippen LogP contribution in [0.5, 0.6) is 0 Å². The molecule has 0 bridgehead atoms. The van der Waals surface area contributed by atoms with Gasteiger partial charge in [0.15, 0.2) is 0 Å². The molecule has 0 spiro atoms. The standard InChI is InChI=1S/C20H23ClN4O2/c21-16-4-1-3-15(11-16)12-18(26)24-13-14-6-9-25(10-7-14)20-17(19(22)27)5-2-8-23-20/h1-5,8,11,14H,6-7,9-10,12-13H2,(H2,22,27)(H,24,26). The van der Waals surface area contributed by atoms with E-state index < -0.39 is 5.91 Å². The minimum atomic E-state index is -0.464. The van der Waals surface area contributed by atoms with Gasteiger partial charge in [-0.1, -0.05) is 23.7 Å². The average molecular weight is 387 g/mol. The smallest absolute Gasteiger partial charge is 0.252 e. The molecule has 0 saturated carbocycles. The number of nitrogens with one attached hydrogen (secondary N) is 1. The fourth-order valence-electron chi connectivity index (χ4n) is 3.34. The Morgan fingerprint density at radius 3 is 2.70 bits per heavy atom. The fourth-order valence-corrected chi connectivity index (χ4v) is 3.56. The molecule has 1 aromatic carbocycles. The summed E-state index contributed by atoms with van der Waals surface area (Å²) in [7, 11) is 0. The lowest BCUT2D eigenvalue weighted by Crippen LogP contribution is -2.40. The molecule has 0 aliphatic carbocycles. The molecule has 2 amide bonds. The van der Waals surface area contributed by atoms with Crippen LogP contribution in [0.2, 0.25) is 5.02 Å². The molecule has 7 heteroatoms. The fraction of sp³-hybridized carbons (Fsp3) is 0.350. The van der Waals surface area contributed by atoms with Crippen LogP contribution in [0.25, 0.3) is 0 Å². The zero-order chi connectivity index (χ0) is 19.2. The number of anilines is 1. The van der Waals surface area contributed by atoms with E-state index >= 15 is 0 Å². The maximum absolute atomic E-state index is 12.1. The summed E-state index contributed by atoms with van der Waals surface area (Å²) in [5.41, 5.74) is 6.80. The van der Waals surface area contributed by atoms with Crippen molar-refractivity contribution in [2.75, 3.05) is 24.5 Å². The van der Waals surface area contributed by atoms with Gasteiger partial charge >= 0.3 is 0 Å². The van der Waals surface area contributed by atoms with E-state index in [1.54, 1.807) is 24.4 Å². The molecule has 0 atom stereocenters. The SMILES string of the molecule is NC(=O)c1cccnc1N1CCC(CNC(=O)Cc2cccc(Cl)c2)CC1. The van der Waals surface area contributed by atoms with E-state index in [1.807, 2.05) is 18.2 Å². The number of hydrogen-bond acceptors (Lipinski definition) is 4. The van der Waals surface area contributed by atoms with E-state index in [0.29, 0.717) is 35.3 Å². The van der Waals surface area contributed by atoms with Gasteiger partial charge in [0, 0.05) is 30.9 Å². The second-order valence-corrected chi connectivity index (χ2v) is 7.22. The van der Waals surface area contributed by atoms with Crippen LogP contribution in [0, 0.1) is 5.92 Å². The molecule has 1 saturated heterocycles. The Bertz CT molecular complexity index is 819. The predicted octanol–water partition coefficient (Wildman–Crippen LogP) is 2.41. The molecule has 3 rings (SSSR count). The van der Waals surface area contributed by atoms with E-state index in [0.717, 1.165) is 31.5 Å². The number of halogens is 1. The molecule has 142 valence electrons. The van der Waals surface area contributed by atoms with Gasteiger partial charge in [-0.05, 0) is 48.6 Å². The molecular weight excluding hydrogens is 364 g/mol. The van der Waals surface area contributed by atoms with E-state index in [4.69, 9.17) is 17.3 Å². The van der Waals surface area contributed by atoms with Crippen LogP contribution in [0.15, 0.2) is 42.6 Å². The highest BCUT2D eigenvalue weighted by Gasteiger charge is 2.23. The molecule has 0 radical (unpaired) electrons. The van der Waals surface area contributed by atoms with E-state index in [-0.39, 0.29) is 5.91 Å². The first-order chi connectivity index (χ1) is 13.0. The Morgan fingerprint density at radius 1 is 1.22 bits per heavy atom. The highest BCUT2D eigenvalue weighted by molar-refractivity contribution is 6.30. The minimum Gasteiger partial charge on any atom is -0.365 e. The summed E-state index contributed by atoms with van der Waals surface area (Å²) < 4.78 is 0. The number of benzene rings is 1. The van der Waals surface area contributed by atoms with Crippen molar-refractivity contribution >= 4 is 29.2 Å². The van der Waals surface area contributed by atoms with Gasteiger partial charge in [0.25, 0.3) is 5.91 Å². The van der Waals surface area contributed by atoms with Crippen LogP contribution in [-0.4, -0.2) is 36.4 Å². The number of carbonyl (C=O) groups is 2. The number of nitrogens with zero attached hydrogens (tertiary/aromatic N) is 2. The average Bonchev–Trinajstić information content (AvgIpc) is 2.67. The molecule has 0 unspecified atom stereocenters. The summed E-state index contributed by atoms with van der Waals surface area (Å²) in [6.45, 7) is 2.22. The Morgan fingerprint density at radius 2 is 2.00 bits per heavy atom. The van der Waals surface area contributed by atoms with Crippen molar-refractivity contribution in [3.05, 3.63) is 58.7 Å². The maximum atomic E-state index is 12.1. The van der Waals surface area contributed by atoms with Gasteiger partial charge in [0.05, 0.1) is 12.0 Å². The minimum absolute atomic E-state index is 0.000405. The number of hydrogen-bond donors (Lipinski definition) is 2. The number of pyridine rings is 1. The largest absolute Gasteiger partial charge is 0.365 e. The second kappa shape index (κ2) is 8.86. The predicted molar refractivity (Wildman–Crippen MR) is 106 cm³/mol. The summed E-state index contributed by atoms with van der Waals surface area (Å²) in [4.78, 5) is 30.1. The molecule has 2 heterocycles. The Labute approximate surface area is 163 Å². The first-order valence-electron chi connectivity index (χ1n) is 9.04. The lowest BCUT2D eigenvalue weighted by molar-refractivity contribution is -0.120. The van der Waals surface area contributed by atoms with Gasteiger partial charge in [0.2, 0.25) is 5.91 Å².